The molecule has 0 amide bonds. The number of carbonyl (C=O) groups is 1. The van der Waals surface area contributed by atoms with Gasteiger partial charge in [-0.2, -0.15) is 0 Å². The van der Waals surface area contributed by atoms with Crippen LogP contribution >= 0.6 is 0 Å². The number of hydrogen-bond donors (Lipinski definition) is 0. The molecule has 0 radical (unpaired) electrons. The van der Waals surface area contributed by atoms with Gasteiger partial charge in [0, 0.05) is 12.8 Å². The average molecular weight is 296 g/mol. The molecule has 1 aromatic rings. The van der Waals surface area contributed by atoms with Crippen molar-refractivity contribution < 1.29 is 18.3 Å². The van der Waals surface area contributed by atoms with Gasteiger partial charge in [-0.15, -0.1) is 0 Å². The number of rotatable bonds is 3. The molecule has 0 unspecified atom stereocenters. The molecule has 21 heavy (non-hydrogen) atoms. The Balaban J connectivity index is 0.000000774. The molecule has 1 aromatic carbocycles. The van der Waals surface area contributed by atoms with Crippen molar-refractivity contribution in [2.24, 2.45) is 11.3 Å². The Morgan fingerprint density at radius 3 is 2.29 bits per heavy atom. The zero-order valence-corrected chi connectivity index (χ0v) is 12.6. The Kier molecular flexibility index (Phi) is 4.64. The van der Waals surface area contributed by atoms with Gasteiger partial charge in [-0.3, -0.25) is 4.79 Å². The Morgan fingerprint density at radius 1 is 1.19 bits per heavy atom. The molecule has 0 N–H and O–H groups in total. The van der Waals surface area contributed by atoms with Crippen molar-refractivity contribution in [3.63, 3.8) is 0 Å². The van der Waals surface area contributed by atoms with Gasteiger partial charge in [0.25, 0.3) is 0 Å². The first-order valence-corrected chi connectivity index (χ1v) is 7.57. The fourth-order valence-electron chi connectivity index (χ4n) is 3.33. The fourth-order valence-corrected chi connectivity index (χ4v) is 3.33. The summed E-state index contributed by atoms with van der Waals surface area (Å²) in [5, 5.41) is 0. The minimum Gasteiger partial charge on any atom is -0.461 e. The van der Waals surface area contributed by atoms with Crippen LogP contribution < -0.4 is 0 Å². The van der Waals surface area contributed by atoms with Crippen molar-refractivity contribution >= 4 is 5.97 Å². The summed E-state index contributed by atoms with van der Waals surface area (Å²) in [5.41, 5.74) is 0.681. The standard InChI is InChI=1S/C15H16F2O2.C2H6/c16-15(17)9-14(10-15)6-12(7-14)13(18)19-8-11-4-2-1-3-5-11;1-2/h1-5,12H,6-10H2;1-2H3. The molecule has 2 saturated carbocycles. The van der Waals surface area contributed by atoms with Gasteiger partial charge in [0.1, 0.15) is 6.61 Å². The van der Waals surface area contributed by atoms with Gasteiger partial charge in [0.15, 0.2) is 0 Å². The SMILES string of the molecule is CC.O=C(OCc1ccccc1)C1CC2(C1)CC(F)(F)C2. The van der Waals surface area contributed by atoms with Crippen LogP contribution in [0.25, 0.3) is 0 Å². The number of benzene rings is 1. The first kappa shape index (κ1) is 15.9. The highest BCUT2D eigenvalue weighted by Crippen LogP contribution is 2.64. The molecule has 1 spiro atoms. The van der Waals surface area contributed by atoms with Gasteiger partial charge < -0.3 is 4.74 Å². The lowest BCUT2D eigenvalue weighted by atomic mass is 9.50. The molecule has 0 heterocycles. The first-order chi connectivity index (χ1) is 9.98. The van der Waals surface area contributed by atoms with Crippen molar-refractivity contribution in [1.29, 1.82) is 0 Å². The largest absolute Gasteiger partial charge is 0.461 e. The highest BCUT2D eigenvalue weighted by molar-refractivity contribution is 5.74. The lowest BCUT2D eigenvalue weighted by molar-refractivity contribution is -0.214. The third-order valence-electron chi connectivity index (χ3n) is 4.18. The van der Waals surface area contributed by atoms with Crippen LogP contribution in [0.2, 0.25) is 0 Å². The van der Waals surface area contributed by atoms with Crippen LogP contribution in [0, 0.1) is 11.3 Å². The maximum absolute atomic E-state index is 12.8. The molecule has 0 bridgehead atoms. The van der Waals surface area contributed by atoms with Crippen molar-refractivity contribution in [2.45, 2.75) is 52.1 Å². The highest BCUT2D eigenvalue weighted by atomic mass is 19.3. The summed E-state index contributed by atoms with van der Waals surface area (Å²) >= 11 is 0. The average Bonchev–Trinajstić information content (AvgIpc) is 2.42. The van der Waals surface area contributed by atoms with Crippen molar-refractivity contribution in [3.05, 3.63) is 35.9 Å². The minimum atomic E-state index is -2.50. The molecule has 2 nitrogen and oxygen atoms in total. The zero-order chi connectivity index (χ0) is 15.5. The summed E-state index contributed by atoms with van der Waals surface area (Å²) in [6.45, 7) is 4.26. The van der Waals surface area contributed by atoms with Gasteiger partial charge in [-0.25, -0.2) is 8.78 Å². The quantitative estimate of drug-likeness (QED) is 0.763. The summed E-state index contributed by atoms with van der Waals surface area (Å²) in [7, 11) is 0. The van der Waals surface area contributed by atoms with E-state index >= 15 is 0 Å². The van der Waals surface area contributed by atoms with Gasteiger partial charge in [-0.05, 0) is 23.8 Å². The number of hydrogen-bond acceptors (Lipinski definition) is 2. The van der Waals surface area contributed by atoms with Gasteiger partial charge in [-0.1, -0.05) is 44.2 Å². The maximum Gasteiger partial charge on any atom is 0.309 e. The minimum absolute atomic E-state index is 0.0531. The molecule has 3 rings (SSSR count). The second kappa shape index (κ2) is 6.12. The predicted octanol–water partition coefficient (Wildman–Crippen LogP) is 4.58. The Bertz CT molecular complexity index is 469. The van der Waals surface area contributed by atoms with Crippen LogP contribution in [0.15, 0.2) is 30.3 Å². The fraction of sp³-hybridized carbons (Fsp3) is 0.588. The van der Waals surface area contributed by atoms with Gasteiger partial charge in [0.2, 0.25) is 5.92 Å². The van der Waals surface area contributed by atoms with Crippen LogP contribution in [0.5, 0.6) is 0 Å². The Hall–Kier alpha value is -1.45. The summed E-state index contributed by atoms with van der Waals surface area (Å²) < 4.78 is 30.9. The lowest BCUT2D eigenvalue weighted by Gasteiger charge is -2.56. The summed E-state index contributed by atoms with van der Waals surface area (Å²) in [6, 6.07) is 9.46. The van der Waals surface area contributed by atoms with E-state index in [1.165, 1.54) is 0 Å². The van der Waals surface area contributed by atoms with Crippen molar-refractivity contribution in [1.82, 2.24) is 0 Å². The number of alkyl halides is 2. The van der Waals surface area contributed by atoms with E-state index in [9.17, 15) is 13.6 Å². The molecule has 2 aliphatic carbocycles. The summed E-state index contributed by atoms with van der Waals surface area (Å²) in [4.78, 5) is 11.8. The Morgan fingerprint density at radius 2 is 1.76 bits per heavy atom. The van der Waals surface area contributed by atoms with E-state index in [4.69, 9.17) is 4.74 Å². The molecular weight excluding hydrogens is 274 g/mol. The summed E-state index contributed by atoms with van der Waals surface area (Å²) in [6.07, 6.45) is 1.03. The predicted molar refractivity (Wildman–Crippen MR) is 76.9 cm³/mol. The topological polar surface area (TPSA) is 26.3 Å². The molecule has 2 aliphatic rings. The van der Waals surface area contributed by atoms with Crippen LogP contribution in [0.1, 0.15) is 45.1 Å². The Labute approximate surface area is 124 Å². The number of halogens is 2. The lowest BCUT2D eigenvalue weighted by Crippen LogP contribution is -2.55. The number of esters is 1. The second-order valence-corrected chi connectivity index (χ2v) is 5.91. The molecular formula is C17H22F2O2. The number of ether oxygens (including phenoxy) is 1. The van der Waals surface area contributed by atoms with Crippen LogP contribution in [0.3, 0.4) is 0 Å². The van der Waals surface area contributed by atoms with Gasteiger partial charge >= 0.3 is 5.97 Å². The van der Waals surface area contributed by atoms with Gasteiger partial charge in [0.05, 0.1) is 5.92 Å². The normalized spacial score (nSPS) is 21.5. The highest BCUT2D eigenvalue weighted by Gasteiger charge is 2.63. The van der Waals surface area contributed by atoms with Crippen LogP contribution in [0.4, 0.5) is 8.78 Å². The molecule has 0 atom stereocenters. The molecule has 0 saturated heterocycles. The zero-order valence-electron chi connectivity index (χ0n) is 12.6. The van der Waals surface area contributed by atoms with E-state index in [1.54, 1.807) is 0 Å². The monoisotopic (exact) mass is 296 g/mol. The van der Waals surface area contributed by atoms with E-state index in [0.29, 0.717) is 12.8 Å². The van der Waals surface area contributed by atoms with E-state index in [2.05, 4.69) is 0 Å². The van der Waals surface area contributed by atoms with Crippen LogP contribution in [-0.2, 0) is 16.1 Å². The van der Waals surface area contributed by atoms with Crippen molar-refractivity contribution in [2.75, 3.05) is 0 Å². The van der Waals surface area contributed by atoms with Crippen LogP contribution in [-0.4, -0.2) is 11.9 Å². The number of carbonyl (C=O) groups excluding carboxylic acids is 1. The van der Waals surface area contributed by atoms with E-state index in [0.717, 1.165) is 5.56 Å². The third-order valence-corrected chi connectivity index (χ3v) is 4.18. The molecule has 4 heteroatoms. The first-order valence-electron chi connectivity index (χ1n) is 7.57. The summed E-state index contributed by atoms with van der Waals surface area (Å²) in [5.74, 6) is -2.93. The smallest absolute Gasteiger partial charge is 0.309 e. The third kappa shape index (κ3) is 3.60. The van der Waals surface area contributed by atoms with Crippen molar-refractivity contribution in [3.8, 4) is 0 Å². The molecule has 116 valence electrons. The van der Waals surface area contributed by atoms with E-state index in [1.807, 2.05) is 44.2 Å². The molecule has 0 aliphatic heterocycles. The molecule has 2 fully saturated rings. The molecule has 0 aromatic heterocycles. The van der Waals surface area contributed by atoms with E-state index in [-0.39, 0.29) is 36.8 Å². The van der Waals surface area contributed by atoms with E-state index < -0.39 is 5.92 Å². The second-order valence-electron chi connectivity index (χ2n) is 5.91. The maximum atomic E-state index is 12.8.